The van der Waals surface area contributed by atoms with Crippen molar-refractivity contribution in [3.05, 3.63) is 77.1 Å². The number of benzene rings is 2. The largest absolute Gasteiger partial charge is 0.460 e. The average molecular weight is 524 g/mol. The van der Waals surface area contributed by atoms with Crippen LogP contribution in [0.4, 0.5) is 8.78 Å². The topological polar surface area (TPSA) is 91.5 Å². The molecule has 1 aromatic heterocycles. The first-order valence-electron chi connectivity index (χ1n) is 12.4. The van der Waals surface area contributed by atoms with Crippen LogP contribution < -0.4 is 5.32 Å². The van der Waals surface area contributed by atoms with Crippen LogP contribution in [0.15, 0.2) is 48.7 Å². The number of hydrogen-bond donors (Lipinski definition) is 2. The second-order valence-corrected chi connectivity index (χ2v) is 11.0. The highest BCUT2D eigenvalue weighted by atomic mass is 19.2. The van der Waals surface area contributed by atoms with Crippen molar-refractivity contribution in [2.24, 2.45) is 0 Å². The van der Waals surface area contributed by atoms with E-state index in [-0.39, 0.29) is 30.6 Å². The fraction of sp³-hybridized carbons (Fsp3) is 0.345. The number of fused-ring (bicyclic) bond motifs is 3. The fourth-order valence-corrected chi connectivity index (χ4v) is 4.68. The predicted molar refractivity (Wildman–Crippen MR) is 140 cm³/mol. The van der Waals surface area contributed by atoms with Gasteiger partial charge in [-0.2, -0.15) is 0 Å². The van der Waals surface area contributed by atoms with Gasteiger partial charge in [0, 0.05) is 41.2 Å². The number of esters is 1. The molecule has 0 unspecified atom stereocenters. The summed E-state index contributed by atoms with van der Waals surface area (Å²) in [6, 6.07) is 10.6. The maximum absolute atomic E-state index is 13.9. The summed E-state index contributed by atoms with van der Waals surface area (Å²) in [5.74, 6) is -3.71. The molecule has 0 aliphatic carbocycles. The van der Waals surface area contributed by atoms with Crippen LogP contribution in [0.1, 0.15) is 62.7 Å². The van der Waals surface area contributed by atoms with E-state index in [1.165, 1.54) is 17.2 Å². The van der Waals surface area contributed by atoms with E-state index in [0.717, 1.165) is 28.6 Å². The Morgan fingerprint density at radius 1 is 1.08 bits per heavy atom. The molecule has 2 amide bonds. The first kappa shape index (κ1) is 27.0. The van der Waals surface area contributed by atoms with E-state index in [4.69, 9.17) is 4.74 Å². The van der Waals surface area contributed by atoms with Crippen molar-refractivity contribution in [3.63, 3.8) is 0 Å². The number of hydrogen-bond acceptors (Lipinski definition) is 4. The molecule has 2 heterocycles. The molecule has 1 aliphatic heterocycles. The molecular weight excluding hydrogens is 492 g/mol. The van der Waals surface area contributed by atoms with Gasteiger partial charge >= 0.3 is 5.97 Å². The van der Waals surface area contributed by atoms with Crippen LogP contribution in [0.2, 0.25) is 0 Å². The van der Waals surface area contributed by atoms with Crippen LogP contribution in [-0.2, 0) is 19.7 Å². The number of carbonyl (C=O) groups is 3. The zero-order chi connectivity index (χ0) is 27.8. The summed E-state index contributed by atoms with van der Waals surface area (Å²) < 4.78 is 32.7. The van der Waals surface area contributed by atoms with Gasteiger partial charge in [-0.1, -0.05) is 32.0 Å². The standard InChI is InChI=1S/C29H31F2N3O4/c1-28(2,3)38-23(35)12-13-32-26(36)19-15-34(27(37)17-10-11-20(30)21(31)14-17)16-29(4,5)24-18-8-6-7-9-22(18)33-25(19)24/h6-11,14-15,33H,12-13,16H2,1-5H3,(H,32,36). The molecule has 200 valence electrons. The highest BCUT2D eigenvalue weighted by Gasteiger charge is 2.37. The van der Waals surface area contributed by atoms with Crippen LogP contribution in [0.25, 0.3) is 16.5 Å². The lowest BCUT2D eigenvalue weighted by Gasteiger charge is -2.29. The molecule has 9 heteroatoms. The van der Waals surface area contributed by atoms with Gasteiger partial charge in [-0.15, -0.1) is 0 Å². The zero-order valence-corrected chi connectivity index (χ0v) is 22.1. The maximum Gasteiger partial charge on any atom is 0.308 e. The molecule has 0 radical (unpaired) electrons. The quantitative estimate of drug-likeness (QED) is 0.457. The van der Waals surface area contributed by atoms with E-state index in [1.54, 1.807) is 20.8 Å². The maximum atomic E-state index is 13.9. The van der Waals surface area contributed by atoms with Gasteiger partial charge in [-0.3, -0.25) is 14.4 Å². The Kier molecular flexibility index (Phi) is 7.14. The summed E-state index contributed by atoms with van der Waals surface area (Å²) in [4.78, 5) is 43.7. The zero-order valence-electron chi connectivity index (χ0n) is 22.1. The number of halogens is 2. The lowest BCUT2D eigenvalue weighted by atomic mass is 9.81. The summed E-state index contributed by atoms with van der Waals surface area (Å²) >= 11 is 0. The molecule has 38 heavy (non-hydrogen) atoms. The molecule has 3 aromatic rings. The molecule has 1 aliphatic rings. The minimum absolute atomic E-state index is 0.0289. The van der Waals surface area contributed by atoms with Crippen LogP contribution in [0.3, 0.4) is 0 Å². The van der Waals surface area contributed by atoms with E-state index in [9.17, 15) is 23.2 Å². The minimum Gasteiger partial charge on any atom is -0.460 e. The third-order valence-electron chi connectivity index (χ3n) is 6.21. The van der Waals surface area contributed by atoms with Crippen molar-refractivity contribution < 1.29 is 27.9 Å². The first-order valence-corrected chi connectivity index (χ1v) is 12.4. The Morgan fingerprint density at radius 3 is 2.47 bits per heavy atom. The lowest BCUT2D eigenvalue weighted by Crippen LogP contribution is -2.37. The third kappa shape index (κ3) is 5.61. The van der Waals surface area contributed by atoms with Crippen LogP contribution in [0.5, 0.6) is 0 Å². The summed E-state index contributed by atoms with van der Waals surface area (Å²) in [5, 5.41) is 3.65. The van der Waals surface area contributed by atoms with E-state index in [1.807, 2.05) is 38.1 Å². The number of aromatic nitrogens is 1. The fourth-order valence-electron chi connectivity index (χ4n) is 4.68. The molecule has 0 saturated heterocycles. The molecular formula is C29H31F2N3O4. The van der Waals surface area contributed by atoms with E-state index < -0.39 is 40.4 Å². The molecule has 2 aromatic carbocycles. The lowest BCUT2D eigenvalue weighted by molar-refractivity contribution is -0.154. The van der Waals surface area contributed by atoms with Gasteiger partial charge in [0.2, 0.25) is 0 Å². The average Bonchev–Trinajstić information content (AvgIpc) is 3.16. The van der Waals surface area contributed by atoms with E-state index in [2.05, 4.69) is 10.3 Å². The second-order valence-electron chi connectivity index (χ2n) is 11.0. The molecule has 0 atom stereocenters. The highest BCUT2D eigenvalue weighted by molar-refractivity contribution is 6.21. The number of amides is 2. The van der Waals surface area contributed by atoms with Gasteiger partial charge in [0.25, 0.3) is 11.8 Å². The van der Waals surface area contributed by atoms with Gasteiger partial charge in [-0.25, -0.2) is 8.78 Å². The van der Waals surface area contributed by atoms with Gasteiger partial charge in [-0.05, 0) is 50.6 Å². The van der Waals surface area contributed by atoms with Crippen molar-refractivity contribution in [2.45, 2.75) is 52.1 Å². The van der Waals surface area contributed by atoms with Crippen molar-refractivity contribution >= 4 is 34.3 Å². The van der Waals surface area contributed by atoms with E-state index >= 15 is 0 Å². The molecule has 0 bridgehead atoms. The Labute approximate surface area is 219 Å². The molecule has 0 spiro atoms. The number of ether oxygens (including phenoxy) is 1. The Morgan fingerprint density at radius 2 is 1.79 bits per heavy atom. The number of aromatic amines is 1. The van der Waals surface area contributed by atoms with Gasteiger partial charge in [0.15, 0.2) is 11.6 Å². The van der Waals surface area contributed by atoms with Crippen LogP contribution in [0, 0.1) is 11.6 Å². The summed E-state index contributed by atoms with van der Waals surface area (Å²) in [5.41, 5.74) is 1.10. The molecule has 0 fully saturated rings. The van der Waals surface area contributed by atoms with Crippen molar-refractivity contribution in [1.29, 1.82) is 0 Å². The predicted octanol–water partition coefficient (Wildman–Crippen LogP) is 5.07. The van der Waals surface area contributed by atoms with Gasteiger partial charge in [0.05, 0.1) is 17.7 Å². The normalized spacial score (nSPS) is 14.9. The first-order chi connectivity index (χ1) is 17.8. The van der Waals surface area contributed by atoms with E-state index in [0.29, 0.717) is 5.69 Å². The number of H-pyrrole nitrogens is 1. The number of nitrogens with one attached hydrogen (secondary N) is 2. The van der Waals surface area contributed by atoms with Crippen molar-refractivity contribution in [1.82, 2.24) is 15.2 Å². The number of rotatable bonds is 5. The number of para-hydroxylation sites is 1. The molecule has 2 N–H and O–H groups in total. The summed E-state index contributed by atoms with van der Waals surface area (Å²) in [6.45, 7) is 9.39. The van der Waals surface area contributed by atoms with Gasteiger partial charge in [0.1, 0.15) is 5.60 Å². The Bertz CT molecular complexity index is 1450. The number of nitrogens with zero attached hydrogens (tertiary/aromatic N) is 1. The van der Waals surface area contributed by atoms with Crippen LogP contribution in [-0.4, -0.2) is 46.4 Å². The minimum atomic E-state index is -1.13. The summed E-state index contributed by atoms with van der Waals surface area (Å²) in [6.07, 6.45) is 1.40. The summed E-state index contributed by atoms with van der Waals surface area (Å²) in [7, 11) is 0. The molecule has 4 rings (SSSR count). The highest BCUT2D eigenvalue weighted by Crippen LogP contribution is 2.40. The SMILES string of the molecule is CC(C)(C)OC(=O)CCNC(=O)C1=CN(C(=O)c2ccc(F)c(F)c2)CC(C)(C)c2c1[nH]c1ccccc21. The third-order valence-corrected chi connectivity index (χ3v) is 6.21. The second kappa shape index (κ2) is 10.0. The van der Waals surface area contributed by atoms with Gasteiger partial charge < -0.3 is 19.9 Å². The number of carbonyl (C=O) groups excluding carboxylic acids is 3. The Balaban J connectivity index is 1.72. The Hall–Kier alpha value is -4.01. The van der Waals surface area contributed by atoms with Crippen molar-refractivity contribution in [2.75, 3.05) is 13.1 Å². The molecule has 0 saturated carbocycles. The molecule has 7 nitrogen and oxygen atoms in total. The monoisotopic (exact) mass is 523 g/mol. The van der Waals surface area contributed by atoms with Crippen molar-refractivity contribution in [3.8, 4) is 0 Å². The smallest absolute Gasteiger partial charge is 0.308 e. The van der Waals surface area contributed by atoms with Crippen LogP contribution >= 0.6 is 0 Å².